The van der Waals surface area contributed by atoms with E-state index in [-0.39, 0.29) is 17.1 Å². The summed E-state index contributed by atoms with van der Waals surface area (Å²) in [5.74, 6) is -0.464. The summed E-state index contributed by atoms with van der Waals surface area (Å²) in [6.07, 6.45) is 0.932. The molecule has 0 aliphatic carbocycles. The highest BCUT2D eigenvalue weighted by Gasteiger charge is 2.16. The van der Waals surface area contributed by atoms with Crippen molar-refractivity contribution < 1.29 is 24.3 Å². The van der Waals surface area contributed by atoms with E-state index in [1.54, 1.807) is 6.07 Å². The number of hydrogen-bond donors (Lipinski definition) is 2. The van der Waals surface area contributed by atoms with Crippen LogP contribution in [0, 0.1) is 10.1 Å². The Labute approximate surface area is 130 Å². The van der Waals surface area contributed by atoms with Crippen molar-refractivity contribution in [3.63, 3.8) is 0 Å². The number of rotatable bonds is 5. The number of methoxy groups -OCH3 is 2. The minimum absolute atomic E-state index is 0.192. The quantitative estimate of drug-likeness (QED) is 0.637. The Morgan fingerprint density at radius 3 is 2.30 bits per heavy atom. The summed E-state index contributed by atoms with van der Waals surface area (Å²) >= 11 is 0. The Kier molecular flexibility index (Phi) is 4.60. The first-order valence-corrected chi connectivity index (χ1v) is 6.32. The van der Waals surface area contributed by atoms with Gasteiger partial charge in [0.25, 0.3) is 11.6 Å². The predicted molar refractivity (Wildman–Crippen MR) is 80.1 cm³/mol. The van der Waals surface area contributed by atoms with Crippen LogP contribution in [0.3, 0.4) is 0 Å². The monoisotopic (exact) mass is 319 g/mol. The fourth-order valence-corrected chi connectivity index (χ4v) is 1.76. The van der Waals surface area contributed by atoms with E-state index in [0.717, 1.165) is 12.3 Å². The number of nitro groups is 1. The fourth-order valence-electron chi connectivity index (χ4n) is 1.76. The van der Waals surface area contributed by atoms with Gasteiger partial charge in [-0.05, 0) is 12.1 Å². The summed E-state index contributed by atoms with van der Waals surface area (Å²) in [6, 6.07) is 5.44. The molecule has 23 heavy (non-hydrogen) atoms. The van der Waals surface area contributed by atoms with Gasteiger partial charge in [0.05, 0.1) is 25.2 Å². The van der Waals surface area contributed by atoms with Gasteiger partial charge in [-0.2, -0.15) is 0 Å². The highest BCUT2D eigenvalue weighted by Crippen LogP contribution is 2.27. The third-order valence-corrected chi connectivity index (χ3v) is 2.91. The maximum absolute atomic E-state index is 12.2. The summed E-state index contributed by atoms with van der Waals surface area (Å²) in [5.41, 5.74) is -0.177. The lowest BCUT2D eigenvalue weighted by Crippen LogP contribution is -2.13. The van der Waals surface area contributed by atoms with Gasteiger partial charge in [-0.25, -0.2) is 4.98 Å². The first-order valence-electron chi connectivity index (χ1n) is 6.32. The lowest BCUT2D eigenvalue weighted by atomic mass is 10.2. The molecule has 2 N–H and O–H groups in total. The second-order valence-electron chi connectivity index (χ2n) is 4.37. The minimum Gasteiger partial charge on any atom is -0.504 e. The molecule has 2 aromatic rings. The molecule has 0 radical (unpaired) electrons. The normalized spacial score (nSPS) is 10.0. The smallest absolute Gasteiger partial charge is 0.291 e. The van der Waals surface area contributed by atoms with E-state index in [1.165, 1.54) is 26.4 Å². The fraction of sp³-hybridized carbons (Fsp3) is 0.143. The third kappa shape index (κ3) is 3.64. The lowest BCUT2D eigenvalue weighted by molar-refractivity contribution is -0.385. The van der Waals surface area contributed by atoms with Gasteiger partial charge in [0.15, 0.2) is 11.6 Å². The standard InChI is InChI=1S/C14H13N3O6/c1-22-10-3-8(4-11(6-10)23-2)14(19)16-13-12(18)5-9(7-15-13)17(20)21/h3-7,18H,1-2H3,(H,15,16,19). The zero-order chi connectivity index (χ0) is 17.0. The molecular weight excluding hydrogens is 306 g/mol. The maximum atomic E-state index is 12.2. The number of nitrogens with zero attached hydrogens (tertiary/aromatic N) is 2. The second kappa shape index (κ2) is 6.60. The van der Waals surface area contributed by atoms with E-state index >= 15 is 0 Å². The van der Waals surface area contributed by atoms with Gasteiger partial charge in [-0.3, -0.25) is 14.9 Å². The largest absolute Gasteiger partial charge is 0.504 e. The van der Waals surface area contributed by atoms with Crippen molar-refractivity contribution in [1.29, 1.82) is 0 Å². The minimum atomic E-state index is -0.703. The highest BCUT2D eigenvalue weighted by molar-refractivity contribution is 6.05. The van der Waals surface area contributed by atoms with Crippen LogP contribution in [0.4, 0.5) is 11.5 Å². The Balaban J connectivity index is 2.27. The summed E-state index contributed by atoms with van der Waals surface area (Å²) in [4.78, 5) is 25.8. The number of pyridine rings is 1. The molecule has 1 aromatic heterocycles. The van der Waals surface area contributed by atoms with Crippen LogP contribution in [0.5, 0.6) is 17.2 Å². The summed E-state index contributed by atoms with van der Waals surface area (Å²) in [7, 11) is 2.89. The van der Waals surface area contributed by atoms with Crippen LogP contribution in [0.2, 0.25) is 0 Å². The Hall–Kier alpha value is -3.36. The molecule has 120 valence electrons. The van der Waals surface area contributed by atoms with Crippen molar-refractivity contribution in [2.45, 2.75) is 0 Å². The van der Waals surface area contributed by atoms with Crippen molar-refractivity contribution in [2.24, 2.45) is 0 Å². The van der Waals surface area contributed by atoms with Crippen LogP contribution in [0.1, 0.15) is 10.4 Å². The molecule has 0 spiro atoms. The topological polar surface area (TPSA) is 124 Å². The molecule has 0 aliphatic rings. The molecular formula is C14H13N3O6. The molecule has 0 aliphatic heterocycles. The van der Waals surface area contributed by atoms with Gasteiger partial charge in [0.1, 0.15) is 17.7 Å². The van der Waals surface area contributed by atoms with E-state index in [1.807, 2.05) is 0 Å². The van der Waals surface area contributed by atoms with Crippen LogP contribution in [-0.4, -0.2) is 35.1 Å². The molecule has 0 atom stereocenters. The number of carbonyl (C=O) groups is 1. The van der Waals surface area contributed by atoms with Crippen molar-refractivity contribution in [3.05, 3.63) is 46.1 Å². The summed E-state index contributed by atoms with van der Waals surface area (Å²) < 4.78 is 10.1. The Morgan fingerprint density at radius 1 is 1.22 bits per heavy atom. The van der Waals surface area contributed by atoms with Crippen LogP contribution >= 0.6 is 0 Å². The van der Waals surface area contributed by atoms with Crippen molar-refractivity contribution in [1.82, 2.24) is 4.98 Å². The molecule has 1 aromatic carbocycles. The number of aromatic nitrogens is 1. The Bertz CT molecular complexity index is 740. The second-order valence-corrected chi connectivity index (χ2v) is 4.37. The van der Waals surface area contributed by atoms with Gasteiger partial charge >= 0.3 is 0 Å². The highest BCUT2D eigenvalue weighted by atomic mass is 16.6. The van der Waals surface area contributed by atoms with Crippen LogP contribution in [0.15, 0.2) is 30.5 Å². The molecule has 0 saturated carbocycles. The zero-order valence-corrected chi connectivity index (χ0v) is 12.3. The number of hydrogen-bond acceptors (Lipinski definition) is 7. The van der Waals surface area contributed by atoms with E-state index in [2.05, 4.69) is 10.3 Å². The number of anilines is 1. The maximum Gasteiger partial charge on any atom is 0.291 e. The Morgan fingerprint density at radius 2 is 1.83 bits per heavy atom. The molecule has 0 fully saturated rings. The van der Waals surface area contributed by atoms with Gasteiger partial charge in [-0.1, -0.05) is 0 Å². The van der Waals surface area contributed by atoms with E-state index in [0.29, 0.717) is 11.5 Å². The van der Waals surface area contributed by atoms with Gasteiger partial charge in [0.2, 0.25) is 0 Å². The first-order chi connectivity index (χ1) is 10.9. The predicted octanol–water partition coefficient (Wildman–Crippen LogP) is 1.96. The average molecular weight is 319 g/mol. The molecule has 0 bridgehead atoms. The van der Waals surface area contributed by atoms with E-state index < -0.39 is 16.6 Å². The SMILES string of the molecule is COc1cc(OC)cc(C(=O)Nc2ncc([N+](=O)[O-])cc2O)c1. The van der Waals surface area contributed by atoms with Crippen molar-refractivity contribution in [3.8, 4) is 17.2 Å². The van der Waals surface area contributed by atoms with Gasteiger partial charge < -0.3 is 19.9 Å². The molecule has 0 saturated heterocycles. The van der Waals surface area contributed by atoms with Crippen LogP contribution in [-0.2, 0) is 0 Å². The number of ether oxygens (including phenoxy) is 2. The zero-order valence-electron chi connectivity index (χ0n) is 12.3. The van der Waals surface area contributed by atoms with E-state index in [9.17, 15) is 20.0 Å². The molecule has 9 heteroatoms. The van der Waals surface area contributed by atoms with Crippen LogP contribution in [0.25, 0.3) is 0 Å². The summed E-state index contributed by atoms with van der Waals surface area (Å²) in [6.45, 7) is 0. The van der Waals surface area contributed by atoms with Crippen LogP contribution < -0.4 is 14.8 Å². The number of carbonyl (C=O) groups excluding carboxylic acids is 1. The molecule has 0 unspecified atom stereocenters. The lowest BCUT2D eigenvalue weighted by Gasteiger charge is -2.09. The van der Waals surface area contributed by atoms with E-state index in [4.69, 9.17) is 9.47 Å². The average Bonchev–Trinajstić information content (AvgIpc) is 2.55. The van der Waals surface area contributed by atoms with Crippen molar-refractivity contribution >= 4 is 17.4 Å². The molecule has 1 amide bonds. The number of benzene rings is 1. The number of amides is 1. The number of nitrogens with one attached hydrogen (secondary N) is 1. The first kappa shape index (κ1) is 16.0. The number of aromatic hydroxyl groups is 1. The van der Waals surface area contributed by atoms with Gasteiger partial charge in [-0.15, -0.1) is 0 Å². The molecule has 9 nitrogen and oxygen atoms in total. The summed E-state index contributed by atoms with van der Waals surface area (Å²) in [5, 5.41) is 22.7. The van der Waals surface area contributed by atoms with Crippen molar-refractivity contribution in [2.75, 3.05) is 19.5 Å². The molecule has 2 rings (SSSR count). The third-order valence-electron chi connectivity index (χ3n) is 2.91. The molecule has 1 heterocycles. The van der Waals surface area contributed by atoms with Gasteiger partial charge in [0, 0.05) is 11.6 Å².